The zero-order valence-corrected chi connectivity index (χ0v) is 15.4. The summed E-state index contributed by atoms with van der Waals surface area (Å²) in [7, 11) is 0. The molecular formula is C20H22ClNO4. The van der Waals surface area contributed by atoms with Crippen molar-refractivity contribution in [3.05, 3.63) is 64.7 Å². The fraction of sp³-hybridized carbons (Fsp3) is 0.300. The summed E-state index contributed by atoms with van der Waals surface area (Å²) < 4.78 is 10.5. The van der Waals surface area contributed by atoms with Crippen molar-refractivity contribution in [3.8, 4) is 5.75 Å². The Morgan fingerprint density at radius 2 is 1.88 bits per heavy atom. The third-order valence-corrected chi connectivity index (χ3v) is 3.76. The molecule has 0 unspecified atom stereocenters. The zero-order valence-electron chi connectivity index (χ0n) is 14.7. The monoisotopic (exact) mass is 375 g/mol. The van der Waals surface area contributed by atoms with Crippen LogP contribution < -0.4 is 10.1 Å². The van der Waals surface area contributed by atoms with Gasteiger partial charge >= 0.3 is 5.97 Å². The number of hydrogen-bond acceptors (Lipinski definition) is 4. The van der Waals surface area contributed by atoms with E-state index in [1.54, 1.807) is 30.3 Å². The van der Waals surface area contributed by atoms with Crippen molar-refractivity contribution in [2.75, 3.05) is 19.8 Å². The van der Waals surface area contributed by atoms with Gasteiger partial charge in [-0.25, -0.2) is 4.79 Å². The summed E-state index contributed by atoms with van der Waals surface area (Å²) in [5.74, 6) is -0.192. The van der Waals surface area contributed by atoms with Crippen molar-refractivity contribution < 1.29 is 19.1 Å². The molecule has 0 aliphatic rings. The summed E-state index contributed by atoms with van der Waals surface area (Å²) in [6.45, 7) is 2.77. The van der Waals surface area contributed by atoms with E-state index in [2.05, 4.69) is 5.32 Å². The summed E-state index contributed by atoms with van der Waals surface area (Å²) in [5.41, 5.74) is 1.40. The second kappa shape index (κ2) is 10.5. The van der Waals surface area contributed by atoms with Crippen molar-refractivity contribution in [2.24, 2.45) is 0 Å². The summed E-state index contributed by atoms with van der Waals surface area (Å²) >= 11 is 5.91. The maximum Gasteiger partial charge on any atom is 0.338 e. The zero-order chi connectivity index (χ0) is 18.8. The van der Waals surface area contributed by atoms with E-state index in [1.807, 2.05) is 25.1 Å². The predicted molar refractivity (Wildman–Crippen MR) is 101 cm³/mol. The maximum absolute atomic E-state index is 11.9. The van der Waals surface area contributed by atoms with Gasteiger partial charge in [-0.1, -0.05) is 30.7 Å². The lowest BCUT2D eigenvalue weighted by Gasteiger charge is -2.08. The molecule has 6 heteroatoms. The average Bonchev–Trinajstić information content (AvgIpc) is 2.65. The number of benzene rings is 2. The second-order valence-corrected chi connectivity index (χ2v) is 6.12. The number of nitrogens with one attached hydrogen (secondary N) is 1. The van der Waals surface area contributed by atoms with Gasteiger partial charge in [0.15, 0.2) is 6.61 Å². The number of hydrogen-bond donors (Lipinski definition) is 1. The van der Waals surface area contributed by atoms with Crippen LogP contribution >= 0.6 is 11.6 Å². The van der Waals surface area contributed by atoms with E-state index in [0.29, 0.717) is 35.9 Å². The summed E-state index contributed by atoms with van der Waals surface area (Å²) in [4.78, 5) is 23.7. The van der Waals surface area contributed by atoms with Gasteiger partial charge in [-0.3, -0.25) is 4.79 Å². The van der Waals surface area contributed by atoms with Crippen molar-refractivity contribution in [3.63, 3.8) is 0 Å². The van der Waals surface area contributed by atoms with Crippen molar-refractivity contribution >= 4 is 23.5 Å². The highest BCUT2D eigenvalue weighted by molar-refractivity contribution is 6.30. The number of amides is 1. The van der Waals surface area contributed by atoms with E-state index in [0.717, 1.165) is 12.0 Å². The fourth-order valence-corrected chi connectivity index (χ4v) is 2.42. The van der Waals surface area contributed by atoms with Gasteiger partial charge in [0, 0.05) is 11.6 Å². The molecule has 0 aliphatic heterocycles. The molecule has 1 N–H and O–H groups in total. The number of esters is 1. The molecule has 2 aromatic carbocycles. The Labute approximate surface area is 158 Å². The normalized spacial score (nSPS) is 10.2. The van der Waals surface area contributed by atoms with Gasteiger partial charge in [-0.15, -0.1) is 0 Å². The van der Waals surface area contributed by atoms with Crippen LogP contribution in [0.1, 0.15) is 29.3 Å². The van der Waals surface area contributed by atoms with Gasteiger partial charge in [-0.05, 0) is 54.8 Å². The third kappa shape index (κ3) is 6.76. The number of rotatable bonds is 9. The molecule has 0 atom stereocenters. The topological polar surface area (TPSA) is 64.6 Å². The second-order valence-electron chi connectivity index (χ2n) is 5.68. The van der Waals surface area contributed by atoms with E-state index < -0.39 is 5.97 Å². The van der Waals surface area contributed by atoms with Gasteiger partial charge in [0.25, 0.3) is 5.91 Å². The molecule has 1 amide bonds. The molecule has 0 spiro atoms. The van der Waals surface area contributed by atoms with Gasteiger partial charge in [0.1, 0.15) is 5.75 Å². The van der Waals surface area contributed by atoms with E-state index in [1.165, 1.54) is 0 Å². The Hall–Kier alpha value is -2.53. The number of carbonyl (C=O) groups is 2. The minimum absolute atomic E-state index is 0.317. The van der Waals surface area contributed by atoms with Gasteiger partial charge in [0.05, 0.1) is 12.2 Å². The molecule has 0 radical (unpaired) electrons. The quantitative estimate of drug-likeness (QED) is 0.679. The molecule has 138 valence electrons. The standard InChI is InChI=1S/C20H22ClNO4/c1-2-12-25-18-8-6-16(7-9-18)20(24)26-14-19(23)22-11-10-15-4-3-5-17(21)13-15/h3-9,13H,2,10-12,14H2,1H3,(H,22,23). The van der Waals surface area contributed by atoms with Crippen LogP contribution in [0.3, 0.4) is 0 Å². The molecule has 2 rings (SSSR count). The average molecular weight is 376 g/mol. The van der Waals surface area contributed by atoms with E-state index in [4.69, 9.17) is 21.1 Å². The molecule has 0 aliphatic carbocycles. The van der Waals surface area contributed by atoms with Crippen LogP contribution in [0, 0.1) is 0 Å². The van der Waals surface area contributed by atoms with Crippen LogP contribution in [0.15, 0.2) is 48.5 Å². The van der Waals surface area contributed by atoms with E-state index in [9.17, 15) is 9.59 Å². The van der Waals surface area contributed by atoms with E-state index >= 15 is 0 Å². The van der Waals surface area contributed by atoms with Gasteiger partial charge in [0.2, 0.25) is 0 Å². The Morgan fingerprint density at radius 1 is 1.12 bits per heavy atom. The molecule has 0 fully saturated rings. The molecule has 0 aromatic heterocycles. The Balaban J connectivity index is 1.70. The summed E-state index contributed by atoms with van der Waals surface area (Å²) in [6, 6.07) is 14.1. The van der Waals surface area contributed by atoms with Gasteiger partial charge < -0.3 is 14.8 Å². The number of halogens is 1. The number of carbonyl (C=O) groups excluding carboxylic acids is 2. The lowest BCUT2D eigenvalue weighted by Crippen LogP contribution is -2.30. The molecule has 0 saturated heterocycles. The Morgan fingerprint density at radius 3 is 2.58 bits per heavy atom. The van der Waals surface area contributed by atoms with Crippen molar-refractivity contribution in [2.45, 2.75) is 19.8 Å². The smallest absolute Gasteiger partial charge is 0.338 e. The largest absolute Gasteiger partial charge is 0.494 e. The molecule has 0 bridgehead atoms. The van der Waals surface area contributed by atoms with Crippen molar-refractivity contribution in [1.82, 2.24) is 5.32 Å². The Bertz CT molecular complexity index is 731. The highest BCUT2D eigenvalue weighted by Gasteiger charge is 2.10. The molecule has 5 nitrogen and oxygen atoms in total. The molecule has 2 aromatic rings. The van der Waals surface area contributed by atoms with Crippen LogP contribution in [0.25, 0.3) is 0 Å². The predicted octanol–water partition coefficient (Wildman–Crippen LogP) is 3.64. The van der Waals surface area contributed by atoms with E-state index in [-0.39, 0.29) is 12.5 Å². The fourth-order valence-electron chi connectivity index (χ4n) is 2.21. The minimum Gasteiger partial charge on any atom is -0.494 e. The molecule has 26 heavy (non-hydrogen) atoms. The number of ether oxygens (including phenoxy) is 2. The van der Waals surface area contributed by atoms with Crippen LogP contribution in [0.5, 0.6) is 5.75 Å². The first kappa shape index (κ1) is 19.8. The van der Waals surface area contributed by atoms with Crippen LogP contribution in [0.4, 0.5) is 0 Å². The van der Waals surface area contributed by atoms with Crippen LogP contribution in [-0.4, -0.2) is 31.6 Å². The first-order valence-electron chi connectivity index (χ1n) is 8.49. The third-order valence-electron chi connectivity index (χ3n) is 3.52. The Kier molecular flexibility index (Phi) is 7.96. The lowest BCUT2D eigenvalue weighted by molar-refractivity contribution is -0.124. The lowest BCUT2D eigenvalue weighted by atomic mass is 10.1. The SMILES string of the molecule is CCCOc1ccc(C(=O)OCC(=O)NCCc2cccc(Cl)c2)cc1. The van der Waals surface area contributed by atoms with Crippen LogP contribution in [-0.2, 0) is 16.0 Å². The minimum atomic E-state index is -0.544. The summed E-state index contributed by atoms with van der Waals surface area (Å²) in [6.07, 6.45) is 1.57. The highest BCUT2D eigenvalue weighted by atomic mass is 35.5. The molecular weight excluding hydrogens is 354 g/mol. The first-order valence-corrected chi connectivity index (χ1v) is 8.87. The highest BCUT2D eigenvalue weighted by Crippen LogP contribution is 2.13. The maximum atomic E-state index is 11.9. The molecule has 0 saturated carbocycles. The van der Waals surface area contributed by atoms with Crippen LogP contribution in [0.2, 0.25) is 5.02 Å². The molecule has 0 heterocycles. The summed E-state index contributed by atoms with van der Waals surface area (Å²) in [5, 5.41) is 3.37. The van der Waals surface area contributed by atoms with Crippen molar-refractivity contribution in [1.29, 1.82) is 0 Å². The van der Waals surface area contributed by atoms with Gasteiger partial charge in [-0.2, -0.15) is 0 Å². The first-order chi connectivity index (χ1) is 12.6.